The predicted octanol–water partition coefficient (Wildman–Crippen LogP) is 3.32. The molecule has 1 aromatic rings. The monoisotopic (exact) mass is 400 g/mol. The van der Waals surface area contributed by atoms with Crippen LogP contribution in [0.4, 0.5) is 13.2 Å². The second-order valence-corrected chi connectivity index (χ2v) is 8.00. The van der Waals surface area contributed by atoms with Gasteiger partial charge in [0.2, 0.25) is 0 Å². The normalized spacial score (nSPS) is 17.6. The number of hydrogen-bond acceptors (Lipinski definition) is 4. The first-order valence-electron chi connectivity index (χ1n) is 10.2. The van der Waals surface area contributed by atoms with Gasteiger partial charge in [-0.1, -0.05) is 25.0 Å². The van der Waals surface area contributed by atoms with Crippen molar-refractivity contribution in [2.45, 2.75) is 63.5 Å². The molecule has 0 aliphatic carbocycles. The Bertz CT molecular complexity index is 562. The molecule has 1 unspecified atom stereocenters. The summed E-state index contributed by atoms with van der Waals surface area (Å²) in [5.41, 5.74) is 6.53. The Morgan fingerprint density at radius 1 is 1.07 bits per heavy atom. The van der Waals surface area contributed by atoms with Crippen molar-refractivity contribution in [1.82, 2.24) is 4.90 Å². The minimum absolute atomic E-state index is 0.140. The lowest BCUT2D eigenvalue weighted by atomic mass is 9.83. The van der Waals surface area contributed by atoms with Crippen molar-refractivity contribution in [3.8, 4) is 0 Å². The van der Waals surface area contributed by atoms with E-state index < -0.39 is 18.9 Å². The van der Waals surface area contributed by atoms with E-state index in [-0.39, 0.29) is 6.04 Å². The van der Waals surface area contributed by atoms with E-state index in [0.717, 1.165) is 70.1 Å². The fraction of sp³-hybridized carbons (Fsp3) is 0.700. The highest BCUT2D eigenvalue weighted by molar-refractivity contribution is 6.40. The Hall–Kier alpha value is -1.09. The second-order valence-electron chi connectivity index (χ2n) is 8.00. The van der Waals surface area contributed by atoms with Gasteiger partial charge in [-0.05, 0) is 81.7 Å². The minimum atomic E-state index is -4.27. The predicted molar refractivity (Wildman–Crippen MR) is 106 cm³/mol. The van der Waals surface area contributed by atoms with Gasteiger partial charge in [0.25, 0.3) is 0 Å². The fourth-order valence-corrected chi connectivity index (χ4v) is 3.80. The number of benzene rings is 1. The highest BCUT2D eigenvalue weighted by Gasteiger charge is 2.30. The Labute approximate surface area is 166 Å². The molecule has 0 radical (unpaired) electrons. The number of nitrogens with two attached hydrogens (primary N) is 1. The number of halogens is 3. The number of piperidine rings is 1. The van der Waals surface area contributed by atoms with Gasteiger partial charge in [-0.25, -0.2) is 0 Å². The standard InChI is InChI=1S/C20H32BF3N2O2/c22-20(23,24)18-6-4-16(5-7-18)15-17-8-12-26(13-9-17)14-10-19(25)3-1-2-11-21(27)28/h4-7,17,19,27-28H,1-3,8-15,25H2. The maximum Gasteiger partial charge on any atom is 0.451 e. The van der Waals surface area contributed by atoms with E-state index in [0.29, 0.717) is 12.2 Å². The van der Waals surface area contributed by atoms with Gasteiger partial charge >= 0.3 is 13.3 Å². The molecule has 4 nitrogen and oxygen atoms in total. The number of rotatable bonds is 10. The van der Waals surface area contributed by atoms with Crippen LogP contribution in [0.15, 0.2) is 24.3 Å². The van der Waals surface area contributed by atoms with E-state index in [1.807, 2.05) is 0 Å². The first-order valence-corrected chi connectivity index (χ1v) is 10.2. The van der Waals surface area contributed by atoms with Gasteiger partial charge in [-0.3, -0.25) is 0 Å². The van der Waals surface area contributed by atoms with Crippen molar-refractivity contribution in [1.29, 1.82) is 0 Å². The molecule has 0 amide bonds. The molecule has 4 N–H and O–H groups in total. The fourth-order valence-electron chi connectivity index (χ4n) is 3.80. The van der Waals surface area contributed by atoms with Crippen molar-refractivity contribution in [3.05, 3.63) is 35.4 Å². The molecule has 1 heterocycles. The van der Waals surface area contributed by atoms with Crippen LogP contribution in [0.5, 0.6) is 0 Å². The van der Waals surface area contributed by atoms with Crippen LogP contribution in [0.1, 0.15) is 49.7 Å². The summed E-state index contributed by atoms with van der Waals surface area (Å²) in [4.78, 5) is 2.42. The average molecular weight is 400 g/mol. The Morgan fingerprint density at radius 3 is 2.29 bits per heavy atom. The Balaban J connectivity index is 1.62. The smallest absolute Gasteiger partial charge is 0.427 e. The largest absolute Gasteiger partial charge is 0.451 e. The van der Waals surface area contributed by atoms with Crippen molar-refractivity contribution in [2.24, 2.45) is 11.7 Å². The third kappa shape index (κ3) is 8.51. The van der Waals surface area contributed by atoms with Crippen LogP contribution in [0.2, 0.25) is 6.32 Å². The molecule has 1 aliphatic rings. The van der Waals surface area contributed by atoms with Gasteiger partial charge in [0.05, 0.1) is 5.56 Å². The van der Waals surface area contributed by atoms with Crippen molar-refractivity contribution in [3.63, 3.8) is 0 Å². The van der Waals surface area contributed by atoms with Gasteiger partial charge in [0, 0.05) is 6.04 Å². The van der Waals surface area contributed by atoms with E-state index in [1.165, 1.54) is 12.1 Å². The molecule has 8 heteroatoms. The van der Waals surface area contributed by atoms with Gasteiger partial charge in [0.1, 0.15) is 0 Å². The summed E-state index contributed by atoms with van der Waals surface area (Å²) in [7, 11) is -1.22. The summed E-state index contributed by atoms with van der Waals surface area (Å²) >= 11 is 0. The zero-order chi connectivity index (χ0) is 20.6. The van der Waals surface area contributed by atoms with E-state index in [2.05, 4.69) is 4.90 Å². The first-order chi connectivity index (χ1) is 13.2. The third-order valence-electron chi connectivity index (χ3n) is 5.62. The van der Waals surface area contributed by atoms with Crippen LogP contribution in [-0.4, -0.2) is 47.7 Å². The van der Waals surface area contributed by atoms with Crippen LogP contribution in [-0.2, 0) is 12.6 Å². The van der Waals surface area contributed by atoms with Crippen molar-refractivity contribution >= 4 is 7.12 Å². The molecular weight excluding hydrogens is 368 g/mol. The van der Waals surface area contributed by atoms with E-state index in [1.54, 1.807) is 12.1 Å². The third-order valence-corrected chi connectivity index (χ3v) is 5.62. The number of alkyl halides is 3. The number of hydrogen-bond donors (Lipinski definition) is 3. The zero-order valence-corrected chi connectivity index (χ0v) is 16.4. The van der Waals surface area contributed by atoms with Crippen LogP contribution in [0, 0.1) is 5.92 Å². The molecule has 158 valence electrons. The lowest BCUT2D eigenvalue weighted by molar-refractivity contribution is -0.137. The summed E-state index contributed by atoms with van der Waals surface area (Å²) in [6.45, 7) is 2.99. The number of unbranched alkanes of at least 4 members (excludes halogenated alkanes) is 1. The molecule has 1 aromatic carbocycles. The minimum Gasteiger partial charge on any atom is -0.427 e. The molecule has 2 rings (SSSR count). The lowest BCUT2D eigenvalue weighted by Crippen LogP contribution is -2.37. The maximum atomic E-state index is 12.6. The Kier molecular flexibility index (Phi) is 9.27. The second kappa shape index (κ2) is 11.2. The zero-order valence-electron chi connectivity index (χ0n) is 16.4. The molecule has 1 aliphatic heterocycles. The highest BCUT2D eigenvalue weighted by Crippen LogP contribution is 2.30. The van der Waals surface area contributed by atoms with Gasteiger partial charge < -0.3 is 20.7 Å². The summed E-state index contributed by atoms with van der Waals surface area (Å²) < 4.78 is 37.9. The maximum absolute atomic E-state index is 12.6. The van der Waals surface area contributed by atoms with E-state index >= 15 is 0 Å². The molecule has 1 fully saturated rings. The SMILES string of the molecule is NC(CCCCB(O)O)CCN1CCC(Cc2ccc(C(F)(F)F)cc2)CC1. The summed E-state index contributed by atoms with van der Waals surface area (Å²) in [6.07, 6.45) is 2.61. The summed E-state index contributed by atoms with van der Waals surface area (Å²) in [6, 6.07) is 5.69. The molecule has 0 spiro atoms. The van der Waals surface area contributed by atoms with Crippen LogP contribution >= 0.6 is 0 Å². The van der Waals surface area contributed by atoms with Crippen LogP contribution < -0.4 is 5.73 Å². The quantitative estimate of drug-likeness (QED) is 0.416. The molecule has 0 saturated carbocycles. The molecule has 28 heavy (non-hydrogen) atoms. The average Bonchev–Trinajstić information content (AvgIpc) is 2.64. The van der Waals surface area contributed by atoms with Crippen LogP contribution in [0.3, 0.4) is 0 Å². The van der Waals surface area contributed by atoms with Crippen LogP contribution in [0.25, 0.3) is 0 Å². The van der Waals surface area contributed by atoms with Crippen molar-refractivity contribution in [2.75, 3.05) is 19.6 Å². The number of nitrogens with zero attached hydrogens (tertiary/aromatic N) is 1. The molecular formula is C20H32BF3N2O2. The highest BCUT2D eigenvalue weighted by atomic mass is 19.4. The lowest BCUT2D eigenvalue weighted by Gasteiger charge is -2.32. The summed E-state index contributed by atoms with van der Waals surface area (Å²) in [5.74, 6) is 0.520. The Morgan fingerprint density at radius 2 is 1.71 bits per heavy atom. The van der Waals surface area contributed by atoms with E-state index in [9.17, 15) is 13.2 Å². The molecule has 0 aromatic heterocycles. The van der Waals surface area contributed by atoms with E-state index in [4.69, 9.17) is 15.8 Å². The molecule has 1 atom stereocenters. The van der Waals surface area contributed by atoms with Gasteiger partial charge in [0.15, 0.2) is 0 Å². The first kappa shape index (κ1) is 23.2. The topological polar surface area (TPSA) is 69.7 Å². The van der Waals surface area contributed by atoms with Crippen molar-refractivity contribution < 1.29 is 23.2 Å². The number of likely N-dealkylation sites (tertiary alicyclic amines) is 1. The summed E-state index contributed by atoms with van der Waals surface area (Å²) in [5, 5.41) is 17.6. The molecule has 0 bridgehead atoms. The molecule has 1 saturated heterocycles. The van der Waals surface area contributed by atoms with Gasteiger partial charge in [-0.2, -0.15) is 13.2 Å². The van der Waals surface area contributed by atoms with Gasteiger partial charge in [-0.15, -0.1) is 0 Å².